The van der Waals surface area contributed by atoms with Crippen LogP contribution in [0.2, 0.25) is 0 Å². The summed E-state index contributed by atoms with van der Waals surface area (Å²) in [6.07, 6.45) is 0.533. The Kier molecular flexibility index (Phi) is 4.77. The minimum Gasteiger partial charge on any atom is -0.372 e. The van der Waals surface area contributed by atoms with Crippen LogP contribution >= 0.6 is 0 Å². The highest BCUT2D eigenvalue weighted by Crippen LogP contribution is 2.18. The van der Waals surface area contributed by atoms with Crippen molar-refractivity contribution in [2.75, 3.05) is 18.0 Å². The maximum Gasteiger partial charge on any atom is 0.129 e. The molecule has 1 aromatic heterocycles. The minimum atomic E-state index is 0.267. The van der Waals surface area contributed by atoms with Gasteiger partial charge in [0.15, 0.2) is 0 Å². The van der Waals surface area contributed by atoms with Gasteiger partial charge >= 0.3 is 0 Å². The molecular weight excluding hydrogens is 238 g/mol. The van der Waals surface area contributed by atoms with Crippen LogP contribution in [0.1, 0.15) is 33.4 Å². The Morgan fingerprint density at radius 3 is 2.63 bits per heavy atom. The number of nitrogens with zero attached hydrogens (tertiary/aromatic N) is 2. The van der Waals surface area contributed by atoms with Gasteiger partial charge in [-0.15, -0.1) is 0 Å². The van der Waals surface area contributed by atoms with Crippen LogP contribution in [0.25, 0.3) is 0 Å². The van der Waals surface area contributed by atoms with Crippen molar-refractivity contribution in [2.24, 2.45) is 0 Å². The largest absolute Gasteiger partial charge is 0.372 e. The first-order valence-electron chi connectivity index (χ1n) is 7.14. The van der Waals surface area contributed by atoms with E-state index in [0.29, 0.717) is 6.04 Å². The molecule has 2 heterocycles. The number of morpholine rings is 1. The van der Waals surface area contributed by atoms with E-state index < -0.39 is 0 Å². The van der Waals surface area contributed by atoms with Crippen molar-refractivity contribution in [3.63, 3.8) is 0 Å². The van der Waals surface area contributed by atoms with Gasteiger partial charge in [-0.2, -0.15) is 0 Å². The summed E-state index contributed by atoms with van der Waals surface area (Å²) in [5.74, 6) is 1.06. The van der Waals surface area contributed by atoms with E-state index in [0.717, 1.165) is 31.1 Å². The number of hydrogen-bond donors (Lipinski definition) is 1. The second-order valence-electron chi connectivity index (χ2n) is 5.69. The molecule has 1 saturated heterocycles. The first-order valence-corrected chi connectivity index (χ1v) is 7.14. The molecule has 4 heteroatoms. The molecule has 1 aliphatic heterocycles. The molecule has 1 aliphatic rings. The fraction of sp³-hybridized carbons (Fsp3) is 0.667. The van der Waals surface area contributed by atoms with E-state index in [9.17, 15) is 0 Å². The summed E-state index contributed by atoms with van der Waals surface area (Å²) in [4.78, 5) is 7.06. The minimum absolute atomic E-state index is 0.267. The van der Waals surface area contributed by atoms with Crippen molar-refractivity contribution in [2.45, 2.75) is 52.5 Å². The second-order valence-corrected chi connectivity index (χ2v) is 5.69. The molecule has 106 valence electrons. The van der Waals surface area contributed by atoms with Gasteiger partial charge in [0.25, 0.3) is 0 Å². The Morgan fingerprint density at radius 1 is 1.32 bits per heavy atom. The predicted octanol–water partition coefficient (Wildman–Crippen LogP) is 2.19. The SMILES string of the molecule is CC(C)NCc1cccc(N2CC(C)OC(C)C2)n1. The van der Waals surface area contributed by atoms with Gasteiger partial charge in [-0.3, -0.25) is 0 Å². The lowest BCUT2D eigenvalue weighted by Gasteiger charge is -2.36. The third-order valence-electron chi connectivity index (χ3n) is 3.23. The molecule has 4 nitrogen and oxygen atoms in total. The topological polar surface area (TPSA) is 37.4 Å². The van der Waals surface area contributed by atoms with E-state index in [1.54, 1.807) is 0 Å². The summed E-state index contributed by atoms with van der Waals surface area (Å²) in [5.41, 5.74) is 1.10. The van der Waals surface area contributed by atoms with Crippen LogP contribution in [-0.2, 0) is 11.3 Å². The molecule has 2 atom stereocenters. The fourth-order valence-corrected chi connectivity index (χ4v) is 2.42. The Balaban J connectivity index is 2.05. The smallest absolute Gasteiger partial charge is 0.129 e. The predicted molar refractivity (Wildman–Crippen MR) is 78.4 cm³/mol. The number of pyridine rings is 1. The van der Waals surface area contributed by atoms with Crippen molar-refractivity contribution in [1.29, 1.82) is 0 Å². The van der Waals surface area contributed by atoms with E-state index >= 15 is 0 Å². The highest BCUT2D eigenvalue weighted by Gasteiger charge is 2.23. The summed E-state index contributed by atoms with van der Waals surface area (Å²) in [5, 5.41) is 3.40. The number of nitrogens with one attached hydrogen (secondary N) is 1. The van der Waals surface area contributed by atoms with Crippen LogP contribution in [-0.4, -0.2) is 36.3 Å². The van der Waals surface area contributed by atoms with E-state index in [2.05, 4.69) is 56.1 Å². The normalized spacial score (nSPS) is 23.9. The van der Waals surface area contributed by atoms with Gasteiger partial charge in [0.2, 0.25) is 0 Å². The average Bonchev–Trinajstić information content (AvgIpc) is 2.35. The molecule has 1 fully saturated rings. The Hall–Kier alpha value is -1.13. The highest BCUT2D eigenvalue weighted by atomic mass is 16.5. The number of hydrogen-bond acceptors (Lipinski definition) is 4. The van der Waals surface area contributed by atoms with Crippen LogP contribution in [0.5, 0.6) is 0 Å². The summed E-state index contributed by atoms with van der Waals surface area (Å²) in [7, 11) is 0. The lowest BCUT2D eigenvalue weighted by molar-refractivity contribution is -0.00546. The van der Waals surface area contributed by atoms with Gasteiger partial charge in [-0.1, -0.05) is 19.9 Å². The van der Waals surface area contributed by atoms with Crippen molar-refractivity contribution in [1.82, 2.24) is 10.3 Å². The Labute approximate surface area is 116 Å². The first-order chi connectivity index (χ1) is 9.04. The van der Waals surface area contributed by atoms with Gasteiger partial charge in [-0.05, 0) is 26.0 Å². The van der Waals surface area contributed by atoms with Crippen LogP contribution in [0, 0.1) is 0 Å². The third-order valence-corrected chi connectivity index (χ3v) is 3.23. The molecule has 2 unspecified atom stereocenters. The van der Waals surface area contributed by atoms with Gasteiger partial charge in [0.05, 0.1) is 17.9 Å². The van der Waals surface area contributed by atoms with Crippen molar-refractivity contribution in [3.8, 4) is 0 Å². The molecule has 0 radical (unpaired) electrons. The molecular formula is C15H25N3O. The molecule has 0 bridgehead atoms. The number of anilines is 1. The first kappa shape index (κ1) is 14.3. The van der Waals surface area contributed by atoms with Crippen LogP contribution in [0.15, 0.2) is 18.2 Å². The van der Waals surface area contributed by atoms with E-state index in [-0.39, 0.29) is 12.2 Å². The van der Waals surface area contributed by atoms with Gasteiger partial charge < -0.3 is 15.0 Å². The molecule has 0 aromatic carbocycles. The molecule has 0 aliphatic carbocycles. The second kappa shape index (κ2) is 6.35. The van der Waals surface area contributed by atoms with E-state index in [4.69, 9.17) is 9.72 Å². The zero-order valence-electron chi connectivity index (χ0n) is 12.4. The zero-order valence-corrected chi connectivity index (χ0v) is 12.4. The Morgan fingerprint density at radius 2 is 2.00 bits per heavy atom. The maximum atomic E-state index is 5.77. The van der Waals surface area contributed by atoms with Crippen molar-refractivity contribution < 1.29 is 4.74 Å². The lowest BCUT2D eigenvalue weighted by atomic mass is 10.2. The van der Waals surface area contributed by atoms with Crippen molar-refractivity contribution in [3.05, 3.63) is 23.9 Å². The monoisotopic (exact) mass is 263 g/mol. The van der Waals surface area contributed by atoms with E-state index in [1.807, 2.05) is 0 Å². The summed E-state index contributed by atoms with van der Waals surface area (Å²) in [6, 6.07) is 6.73. The van der Waals surface area contributed by atoms with Crippen LogP contribution in [0.3, 0.4) is 0 Å². The summed E-state index contributed by atoms with van der Waals surface area (Å²) < 4.78 is 5.77. The van der Waals surface area contributed by atoms with Crippen molar-refractivity contribution >= 4 is 5.82 Å². The zero-order chi connectivity index (χ0) is 13.8. The lowest BCUT2D eigenvalue weighted by Crippen LogP contribution is -2.45. The molecule has 19 heavy (non-hydrogen) atoms. The van der Waals surface area contributed by atoms with Gasteiger partial charge in [0.1, 0.15) is 5.82 Å². The Bertz CT molecular complexity index is 398. The molecule has 0 saturated carbocycles. The standard InChI is InChI=1S/C15H25N3O/c1-11(2)16-8-14-6-5-7-15(17-14)18-9-12(3)19-13(4)10-18/h5-7,11-13,16H,8-10H2,1-4H3. The molecule has 0 amide bonds. The third kappa shape index (κ3) is 4.18. The van der Waals surface area contributed by atoms with Crippen LogP contribution in [0.4, 0.5) is 5.82 Å². The van der Waals surface area contributed by atoms with Gasteiger partial charge in [-0.25, -0.2) is 4.98 Å². The average molecular weight is 263 g/mol. The number of rotatable bonds is 4. The molecule has 1 N–H and O–H groups in total. The quantitative estimate of drug-likeness (QED) is 0.903. The van der Waals surface area contributed by atoms with E-state index in [1.165, 1.54) is 0 Å². The molecule has 2 rings (SSSR count). The highest BCUT2D eigenvalue weighted by molar-refractivity contribution is 5.40. The van der Waals surface area contributed by atoms with Crippen LogP contribution < -0.4 is 10.2 Å². The number of aromatic nitrogens is 1. The summed E-state index contributed by atoms with van der Waals surface area (Å²) in [6.45, 7) is 11.2. The summed E-state index contributed by atoms with van der Waals surface area (Å²) >= 11 is 0. The molecule has 1 aromatic rings. The fourth-order valence-electron chi connectivity index (χ4n) is 2.42. The molecule has 0 spiro atoms. The maximum absolute atomic E-state index is 5.77. The van der Waals surface area contributed by atoms with Gasteiger partial charge in [0, 0.05) is 25.7 Å². The number of ether oxygens (including phenoxy) is 1.